The molecule has 1 unspecified atom stereocenters. The highest BCUT2D eigenvalue weighted by Gasteiger charge is 2.40. The number of nitrogens with zero attached hydrogens (tertiary/aromatic N) is 2. The molecule has 0 saturated carbocycles. The van der Waals surface area contributed by atoms with Crippen LogP contribution in [0.5, 0.6) is 0 Å². The van der Waals surface area contributed by atoms with Crippen molar-refractivity contribution in [1.82, 2.24) is 15.1 Å². The fourth-order valence-electron chi connectivity index (χ4n) is 3.26. The van der Waals surface area contributed by atoms with E-state index in [4.69, 9.17) is 11.6 Å². The summed E-state index contributed by atoms with van der Waals surface area (Å²) in [7, 11) is 0. The van der Waals surface area contributed by atoms with E-state index in [9.17, 15) is 0 Å². The van der Waals surface area contributed by atoms with Crippen molar-refractivity contribution in [3.8, 4) is 0 Å². The summed E-state index contributed by atoms with van der Waals surface area (Å²) in [6.07, 6.45) is 7.87. The van der Waals surface area contributed by atoms with Crippen LogP contribution in [-0.4, -0.2) is 16.3 Å². The summed E-state index contributed by atoms with van der Waals surface area (Å²) in [5.41, 5.74) is 1.19. The van der Waals surface area contributed by atoms with Crippen LogP contribution in [0.1, 0.15) is 58.6 Å². The Morgan fingerprint density at radius 2 is 2.21 bits per heavy atom. The summed E-state index contributed by atoms with van der Waals surface area (Å²) in [6, 6.07) is 0. The van der Waals surface area contributed by atoms with E-state index in [1.807, 2.05) is 6.20 Å². The molecule has 1 aromatic heterocycles. The lowest BCUT2D eigenvalue weighted by Crippen LogP contribution is -2.48. The van der Waals surface area contributed by atoms with Crippen molar-refractivity contribution in [2.45, 2.75) is 65.0 Å². The zero-order valence-corrected chi connectivity index (χ0v) is 13.1. The molecule has 0 bridgehead atoms. The van der Waals surface area contributed by atoms with Gasteiger partial charge in [-0.25, -0.2) is 0 Å². The Morgan fingerprint density at radius 3 is 2.89 bits per heavy atom. The van der Waals surface area contributed by atoms with Crippen molar-refractivity contribution in [2.75, 3.05) is 6.54 Å². The second-order valence-corrected chi connectivity index (χ2v) is 6.33. The molecule has 0 aliphatic carbocycles. The van der Waals surface area contributed by atoms with E-state index >= 15 is 0 Å². The molecule has 0 radical (unpaired) electrons. The molecule has 2 heterocycles. The SMILES string of the molecule is CCCn1ncc(Cl)c1C1(C(C)C)CCCCCN1. The lowest BCUT2D eigenvalue weighted by atomic mass is 9.79. The maximum Gasteiger partial charge on any atom is 0.0837 e. The maximum absolute atomic E-state index is 6.48. The molecule has 1 saturated heterocycles. The molecule has 0 spiro atoms. The molecule has 108 valence electrons. The Bertz CT molecular complexity index is 404. The molecule has 19 heavy (non-hydrogen) atoms. The fourth-order valence-corrected chi connectivity index (χ4v) is 3.57. The highest BCUT2D eigenvalue weighted by atomic mass is 35.5. The van der Waals surface area contributed by atoms with Gasteiger partial charge in [0, 0.05) is 6.54 Å². The molecule has 1 aliphatic heterocycles. The van der Waals surface area contributed by atoms with Crippen LogP contribution < -0.4 is 5.32 Å². The van der Waals surface area contributed by atoms with E-state index in [0.29, 0.717) is 5.92 Å². The summed E-state index contributed by atoms with van der Waals surface area (Å²) >= 11 is 6.48. The van der Waals surface area contributed by atoms with Crippen molar-refractivity contribution in [1.29, 1.82) is 0 Å². The lowest BCUT2D eigenvalue weighted by Gasteiger charge is -2.38. The Labute approximate surface area is 121 Å². The second kappa shape index (κ2) is 6.27. The van der Waals surface area contributed by atoms with E-state index < -0.39 is 0 Å². The normalized spacial score (nSPS) is 24.7. The van der Waals surface area contributed by atoms with Crippen LogP contribution in [-0.2, 0) is 12.1 Å². The Morgan fingerprint density at radius 1 is 1.42 bits per heavy atom. The molecule has 0 amide bonds. The van der Waals surface area contributed by atoms with Gasteiger partial charge in [0.2, 0.25) is 0 Å². The van der Waals surface area contributed by atoms with Crippen LogP contribution in [0.15, 0.2) is 6.20 Å². The predicted molar refractivity (Wildman–Crippen MR) is 80.5 cm³/mol. The monoisotopic (exact) mass is 283 g/mol. The van der Waals surface area contributed by atoms with Crippen LogP contribution in [0.4, 0.5) is 0 Å². The third-order valence-electron chi connectivity index (χ3n) is 4.33. The van der Waals surface area contributed by atoms with Gasteiger partial charge in [-0.2, -0.15) is 5.10 Å². The summed E-state index contributed by atoms with van der Waals surface area (Å²) < 4.78 is 2.11. The topological polar surface area (TPSA) is 29.9 Å². The molecule has 1 fully saturated rings. The molecule has 1 N–H and O–H groups in total. The van der Waals surface area contributed by atoms with Gasteiger partial charge in [-0.3, -0.25) is 4.68 Å². The summed E-state index contributed by atoms with van der Waals surface area (Å²) in [5, 5.41) is 9.09. The molecular formula is C15H26ClN3. The number of nitrogens with one attached hydrogen (secondary N) is 1. The Kier molecular flexibility index (Phi) is 4.91. The summed E-state index contributed by atoms with van der Waals surface area (Å²) in [6.45, 7) is 8.78. The minimum absolute atomic E-state index is 0.0146. The summed E-state index contributed by atoms with van der Waals surface area (Å²) in [5.74, 6) is 0.510. The van der Waals surface area contributed by atoms with Crippen LogP contribution in [0.3, 0.4) is 0 Å². The van der Waals surface area contributed by atoms with Crippen molar-refractivity contribution in [2.24, 2.45) is 5.92 Å². The highest BCUT2D eigenvalue weighted by Crippen LogP contribution is 2.40. The number of aryl methyl sites for hydroxylation is 1. The van der Waals surface area contributed by atoms with Gasteiger partial charge >= 0.3 is 0 Å². The van der Waals surface area contributed by atoms with E-state index in [-0.39, 0.29) is 5.54 Å². The van der Waals surface area contributed by atoms with Gasteiger partial charge in [0.15, 0.2) is 0 Å². The molecular weight excluding hydrogens is 258 g/mol. The van der Waals surface area contributed by atoms with Gasteiger partial charge in [0.05, 0.1) is 22.5 Å². The zero-order valence-electron chi connectivity index (χ0n) is 12.4. The van der Waals surface area contributed by atoms with Crippen LogP contribution in [0.2, 0.25) is 5.02 Å². The number of hydrogen-bond acceptors (Lipinski definition) is 2. The van der Waals surface area contributed by atoms with Crippen molar-refractivity contribution in [3.05, 3.63) is 16.9 Å². The van der Waals surface area contributed by atoms with Gasteiger partial charge in [-0.05, 0) is 31.7 Å². The third kappa shape index (κ3) is 2.82. The molecule has 1 aromatic rings. The molecule has 0 aromatic carbocycles. The second-order valence-electron chi connectivity index (χ2n) is 5.93. The Hall–Kier alpha value is -0.540. The molecule has 1 atom stereocenters. The van der Waals surface area contributed by atoms with Crippen molar-refractivity contribution >= 4 is 11.6 Å². The highest BCUT2D eigenvalue weighted by molar-refractivity contribution is 6.31. The molecule has 1 aliphatic rings. The number of aromatic nitrogens is 2. The fraction of sp³-hybridized carbons (Fsp3) is 0.800. The molecule has 3 nitrogen and oxygen atoms in total. The Balaban J connectivity index is 2.45. The largest absolute Gasteiger partial charge is 0.306 e. The van der Waals surface area contributed by atoms with Gasteiger partial charge in [-0.1, -0.05) is 45.2 Å². The van der Waals surface area contributed by atoms with E-state index in [0.717, 1.165) is 31.0 Å². The van der Waals surface area contributed by atoms with Gasteiger partial charge in [-0.15, -0.1) is 0 Å². The van der Waals surface area contributed by atoms with Crippen LogP contribution >= 0.6 is 11.6 Å². The van der Waals surface area contributed by atoms with Crippen LogP contribution in [0.25, 0.3) is 0 Å². The minimum Gasteiger partial charge on any atom is -0.306 e. The third-order valence-corrected chi connectivity index (χ3v) is 4.60. The van der Waals surface area contributed by atoms with E-state index in [2.05, 4.69) is 35.9 Å². The van der Waals surface area contributed by atoms with E-state index in [1.54, 1.807) is 0 Å². The zero-order chi connectivity index (χ0) is 13.9. The molecule has 2 rings (SSSR count). The van der Waals surface area contributed by atoms with Crippen molar-refractivity contribution < 1.29 is 0 Å². The van der Waals surface area contributed by atoms with Gasteiger partial charge < -0.3 is 5.32 Å². The smallest absolute Gasteiger partial charge is 0.0837 e. The number of hydrogen-bond donors (Lipinski definition) is 1. The lowest BCUT2D eigenvalue weighted by molar-refractivity contribution is 0.212. The average Bonchev–Trinajstić information content (AvgIpc) is 2.62. The predicted octanol–water partition coefficient (Wildman–Crippen LogP) is 3.96. The first-order chi connectivity index (χ1) is 9.12. The number of halogens is 1. The quantitative estimate of drug-likeness (QED) is 0.906. The van der Waals surface area contributed by atoms with Gasteiger partial charge in [0.1, 0.15) is 0 Å². The van der Waals surface area contributed by atoms with Crippen LogP contribution in [0, 0.1) is 5.92 Å². The standard InChI is InChI=1S/C15H26ClN3/c1-4-10-19-14(13(16)11-18-19)15(12(2)3)8-6-5-7-9-17-15/h11-12,17H,4-10H2,1-3H3. The summed E-state index contributed by atoms with van der Waals surface area (Å²) in [4.78, 5) is 0. The van der Waals surface area contributed by atoms with E-state index in [1.165, 1.54) is 25.0 Å². The number of rotatable bonds is 4. The first-order valence-electron chi connectivity index (χ1n) is 7.58. The van der Waals surface area contributed by atoms with Crippen molar-refractivity contribution in [3.63, 3.8) is 0 Å². The first kappa shape index (κ1) is 14.9. The molecule has 4 heteroatoms. The average molecular weight is 284 g/mol. The van der Waals surface area contributed by atoms with Gasteiger partial charge in [0.25, 0.3) is 0 Å². The minimum atomic E-state index is -0.0146. The maximum atomic E-state index is 6.48. The first-order valence-corrected chi connectivity index (χ1v) is 7.96.